The molecular formula is C19H21N7. The van der Waals surface area contributed by atoms with Crippen LogP contribution in [0.2, 0.25) is 0 Å². The average Bonchev–Trinajstić information content (AvgIpc) is 3.15. The maximum atomic E-state index is 9.08. The number of rotatable bonds is 5. The van der Waals surface area contributed by atoms with Gasteiger partial charge in [0.05, 0.1) is 5.69 Å². The predicted octanol–water partition coefficient (Wildman–Crippen LogP) is 2.98. The third kappa shape index (κ3) is 4.42. The van der Waals surface area contributed by atoms with Crippen molar-refractivity contribution in [1.29, 1.82) is 5.26 Å². The molecule has 0 unspecified atom stereocenters. The molecule has 0 bridgehead atoms. The molecule has 0 saturated carbocycles. The van der Waals surface area contributed by atoms with Crippen molar-refractivity contribution in [3.8, 4) is 11.8 Å². The lowest BCUT2D eigenvalue weighted by Crippen LogP contribution is -2.33. The molecule has 7 heteroatoms. The summed E-state index contributed by atoms with van der Waals surface area (Å²) in [5.41, 5.74) is 2.19. The molecule has 1 aromatic carbocycles. The van der Waals surface area contributed by atoms with Crippen LogP contribution in [0.3, 0.4) is 0 Å². The highest BCUT2D eigenvalue weighted by Crippen LogP contribution is 2.22. The summed E-state index contributed by atoms with van der Waals surface area (Å²) in [6, 6.07) is 12.0. The van der Waals surface area contributed by atoms with Gasteiger partial charge in [-0.05, 0) is 29.2 Å². The molecule has 3 aromatic rings. The van der Waals surface area contributed by atoms with Crippen LogP contribution in [0.5, 0.6) is 0 Å². The van der Waals surface area contributed by atoms with Crippen molar-refractivity contribution in [2.75, 3.05) is 11.4 Å². The van der Waals surface area contributed by atoms with Gasteiger partial charge in [0.1, 0.15) is 24.5 Å². The van der Waals surface area contributed by atoms with Crippen molar-refractivity contribution in [1.82, 2.24) is 24.7 Å². The SMILES string of the molecule is CC(C)(C)CN(Cc1ccc(-n2cncn2)cc1)c1ccnc(C#N)n1. The topological polar surface area (TPSA) is 83.5 Å². The highest BCUT2D eigenvalue weighted by atomic mass is 15.3. The van der Waals surface area contributed by atoms with Crippen LogP contribution in [0.4, 0.5) is 5.82 Å². The van der Waals surface area contributed by atoms with E-state index in [2.05, 4.69) is 57.9 Å². The van der Waals surface area contributed by atoms with Gasteiger partial charge in [0.25, 0.3) is 0 Å². The maximum absolute atomic E-state index is 9.08. The largest absolute Gasteiger partial charge is 0.352 e. The number of nitrogens with zero attached hydrogens (tertiary/aromatic N) is 7. The van der Waals surface area contributed by atoms with Gasteiger partial charge in [-0.1, -0.05) is 32.9 Å². The van der Waals surface area contributed by atoms with Crippen LogP contribution in [-0.2, 0) is 6.54 Å². The standard InChI is InChI=1S/C19H21N7/c1-19(2,3)12-25(18-8-9-22-17(10-20)24-18)11-15-4-6-16(7-5-15)26-14-21-13-23-26/h4-9,13-14H,11-12H2,1-3H3. The number of nitriles is 1. The molecule has 0 aliphatic carbocycles. The first-order valence-corrected chi connectivity index (χ1v) is 8.37. The smallest absolute Gasteiger partial charge is 0.234 e. The Labute approximate surface area is 153 Å². The summed E-state index contributed by atoms with van der Waals surface area (Å²) < 4.78 is 1.72. The van der Waals surface area contributed by atoms with Crippen molar-refractivity contribution in [3.63, 3.8) is 0 Å². The molecule has 0 aliphatic rings. The van der Waals surface area contributed by atoms with Crippen LogP contribution < -0.4 is 4.90 Å². The summed E-state index contributed by atoms with van der Waals surface area (Å²) in [7, 11) is 0. The van der Waals surface area contributed by atoms with Crippen LogP contribution in [0.25, 0.3) is 5.69 Å². The molecular weight excluding hydrogens is 326 g/mol. The summed E-state index contributed by atoms with van der Waals surface area (Å²) in [6.07, 6.45) is 4.82. The first kappa shape index (κ1) is 17.5. The van der Waals surface area contributed by atoms with Crippen molar-refractivity contribution in [3.05, 3.63) is 60.6 Å². The minimum absolute atomic E-state index is 0.0818. The van der Waals surface area contributed by atoms with Gasteiger partial charge >= 0.3 is 0 Å². The second-order valence-corrected chi connectivity index (χ2v) is 7.27. The monoisotopic (exact) mass is 347 g/mol. The lowest BCUT2D eigenvalue weighted by Gasteiger charge is -2.31. The van der Waals surface area contributed by atoms with Crippen molar-refractivity contribution >= 4 is 5.82 Å². The lowest BCUT2D eigenvalue weighted by atomic mass is 9.95. The van der Waals surface area contributed by atoms with E-state index in [0.717, 1.165) is 23.6 Å². The van der Waals surface area contributed by atoms with E-state index in [1.165, 1.54) is 6.33 Å². The molecule has 0 saturated heterocycles. The van der Waals surface area contributed by atoms with E-state index in [-0.39, 0.29) is 11.2 Å². The molecule has 0 amide bonds. The van der Waals surface area contributed by atoms with E-state index in [1.807, 2.05) is 24.3 Å². The number of anilines is 1. The maximum Gasteiger partial charge on any atom is 0.234 e. The average molecular weight is 347 g/mol. The fourth-order valence-electron chi connectivity index (χ4n) is 2.69. The third-order valence-corrected chi connectivity index (χ3v) is 3.72. The molecule has 0 radical (unpaired) electrons. The summed E-state index contributed by atoms with van der Waals surface area (Å²) >= 11 is 0. The quantitative estimate of drug-likeness (QED) is 0.705. The molecule has 0 atom stereocenters. The fourth-order valence-corrected chi connectivity index (χ4v) is 2.69. The Bertz CT molecular complexity index is 887. The van der Waals surface area contributed by atoms with Crippen LogP contribution in [0.15, 0.2) is 49.2 Å². The first-order chi connectivity index (χ1) is 12.4. The Morgan fingerprint density at radius 3 is 2.54 bits per heavy atom. The van der Waals surface area contributed by atoms with Crippen LogP contribution in [0.1, 0.15) is 32.2 Å². The highest BCUT2D eigenvalue weighted by molar-refractivity contribution is 5.42. The van der Waals surface area contributed by atoms with E-state index in [1.54, 1.807) is 17.2 Å². The van der Waals surface area contributed by atoms with Crippen molar-refractivity contribution in [2.45, 2.75) is 27.3 Å². The molecule has 0 N–H and O–H groups in total. The number of hydrogen-bond acceptors (Lipinski definition) is 6. The zero-order valence-corrected chi connectivity index (χ0v) is 15.2. The van der Waals surface area contributed by atoms with Gasteiger partial charge in [-0.25, -0.2) is 19.6 Å². The number of aromatic nitrogens is 5. The third-order valence-electron chi connectivity index (χ3n) is 3.72. The molecule has 0 spiro atoms. The van der Waals surface area contributed by atoms with Crippen molar-refractivity contribution < 1.29 is 0 Å². The van der Waals surface area contributed by atoms with E-state index in [0.29, 0.717) is 6.54 Å². The van der Waals surface area contributed by atoms with Gasteiger partial charge in [-0.15, -0.1) is 0 Å². The molecule has 0 aliphatic heterocycles. The summed E-state index contributed by atoms with van der Waals surface area (Å²) in [5, 5.41) is 13.2. The van der Waals surface area contributed by atoms with Gasteiger partial charge in [0.15, 0.2) is 0 Å². The van der Waals surface area contributed by atoms with Gasteiger partial charge in [0, 0.05) is 19.3 Å². The molecule has 7 nitrogen and oxygen atoms in total. The Morgan fingerprint density at radius 1 is 1.15 bits per heavy atom. The number of hydrogen-bond donors (Lipinski definition) is 0. The molecule has 3 rings (SSSR count). The van der Waals surface area contributed by atoms with Crippen LogP contribution in [-0.4, -0.2) is 31.3 Å². The summed E-state index contributed by atoms with van der Waals surface area (Å²) in [4.78, 5) is 14.5. The highest BCUT2D eigenvalue weighted by Gasteiger charge is 2.19. The summed E-state index contributed by atoms with van der Waals surface area (Å²) in [6.45, 7) is 8.04. The zero-order valence-electron chi connectivity index (χ0n) is 15.2. The van der Waals surface area contributed by atoms with Gasteiger partial charge in [-0.2, -0.15) is 10.4 Å². The fraction of sp³-hybridized carbons (Fsp3) is 0.316. The Kier molecular flexibility index (Phi) is 4.94. The van der Waals surface area contributed by atoms with E-state index in [4.69, 9.17) is 5.26 Å². The molecule has 2 aromatic heterocycles. The minimum Gasteiger partial charge on any atom is -0.352 e. The molecule has 0 fully saturated rings. The predicted molar refractivity (Wildman–Crippen MR) is 98.6 cm³/mol. The Hall–Kier alpha value is -3.27. The minimum atomic E-state index is 0.0818. The van der Waals surface area contributed by atoms with Crippen LogP contribution >= 0.6 is 0 Å². The van der Waals surface area contributed by atoms with Gasteiger partial charge < -0.3 is 4.90 Å². The Morgan fingerprint density at radius 2 is 1.92 bits per heavy atom. The van der Waals surface area contributed by atoms with Gasteiger partial charge in [0.2, 0.25) is 5.82 Å². The van der Waals surface area contributed by atoms with Crippen molar-refractivity contribution in [2.24, 2.45) is 5.41 Å². The van der Waals surface area contributed by atoms with Gasteiger partial charge in [-0.3, -0.25) is 0 Å². The zero-order chi connectivity index (χ0) is 18.6. The van der Waals surface area contributed by atoms with E-state index in [9.17, 15) is 0 Å². The lowest BCUT2D eigenvalue weighted by molar-refractivity contribution is 0.407. The second kappa shape index (κ2) is 7.31. The normalized spacial score (nSPS) is 11.2. The molecule has 26 heavy (non-hydrogen) atoms. The summed E-state index contributed by atoms with van der Waals surface area (Å²) in [5.74, 6) is 0.940. The van der Waals surface area contributed by atoms with Crippen LogP contribution in [0, 0.1) is 16.7 Å². The van der Waals surface area contributed by atoms with E-state index < -0.39 is 0 Å². The molecule has 132 valence electrons. The molecule has 2 heterocycles. The Balaban J connectivity index is 1.84. The van der Waals surface area contributed by atoms with E-state index >= 15 is 0 Å². The first-order valence-electron chi connectivity index (χ1n) is 8.37. The second-order valence-electron chi connectivity index (χ2n) is 7.27. The number of benzene rings is 1.